The number of rotatable bonds is 9. The Balaban J connectivity index is 1.26. The van der Waals surface area contributed by atoms with E-state index in [4.69, 9.17) is 0 Å². The smallest absolute Gasteiger partial charge is 0.331 e. The van der Waals surface area contributed by atoms with Crippen LogP contribution in [0, 0.1) is 11.7 Å². The normalized spacial score (nSPS) is 19.2. The molecule has 0 saturated carbocycles. The van der Waals surface area contributed by atoms with Crippen LogP contribution in [0.2, 0.25) is 0 Å². The second kappa shape index (κ2) is 12.4. The topological polar surface area (TPSA) is 178 Å². The van der Waals surface area contributed by atoms with Gasteiger partial charge in [-0.1, -0.05) is 12.1 Å². The molecule has 0 bridgehead atoms. The van der Waals surface area contributed by atoms with Crippen molar-refractivity contribution < 1.29 is 37.1 Å². The molecule has 2 aliphatic rings. The van der Waals surface area contributed by atoms with Gasteiger partial charge in [0.05, 0.1) is 33.8 Å². The van der Waals surface area contributed by atoms with Crippen molar-refractivity contribution in [3.8, 4) is 0 Å². The van der Waals surface area contributed by atoms with Crippen molar-refractivity contribution in [1.82, 2.24) is 20.5 Å². The van der Waals surface area contributed by atoms with Gasteiger partial charge in [-0.2, -0.15) is 0 Å². The number of imide groups is 1. The van der Waals surface area contributed by atoms with E-state index in [2.05, 4.69) is 20.3 Å². The minimum Gasteiger partial charge on any atom is -0.480 e. The van der Waals surface area contributed by atoms with E-state index in [1.165, 1.54) is 42.7 Å². The summed E-state index contributed by atoms with van der Waals surface area (Å²) in [5.74, 6) is -4.08. The molecule has 2 aromatic carbocycles. The zero-order valence-corrected chi connectivity index (χ0v) is 24.3. The van der Waals surface area contributed by atoms with Crippen molar-refractivity contribution in [2.75, 3.05) is 29.8 Å². The molecule has 230 valence electrons. The number of hydrogen-bond donors (Lipinski definition) is 4. The van der Waals surface area contributed by atoms with E-state index in [0.29, 0.717) is 30.8 Å². The number of carboxylic acids is 1. The van der Waals surface area contributed by atoms with E-state index in [1.54, 1.807) is 24.1 Å². The van der Waals surface area contributed by atoms with Crippen molar-refractivity contribution in [3.63, 3.8) is 0 Å². The Morgan fingerprint density at radius 3 is 2.48 bits per heavy atom. The summed E-state index contributed by atoms with van der Waals surface area (Å²) in [6.07, 6.45) is 2.99. The quantitative estimate of drug-likeness (QED) is 0.276. The van der Waals surface area contributed by atoms with Gasteiger partial charge in [0, 0.05) is 32.4 Å². The summed E-state index contributed by atoms with van der Waals surface area (Å²) >= 11 is 0. The molecule has 5 rings (SSSR count). The Hall–Kier alpha value is -4.89. The maximum Gasteiger partial charge on any atom is 0.331 e. The minimum absolute atomic E-state index is 0.0936. The molecule has 13 nitrogen and oxygen atoms in total. The molecule has 15 heteroatoms. The molecule has 2 fully saturated rings. The SMILES string of the molecule is CN1C(=O)N(c2ccc(C[C@H](NC(=O)c3ccc(NS(=O)(=O)c4ccncc4)cc3F)C(=O)O)cc2)C(=O)C2CCNCC21. The van der Waals surface area contributed by atoms with Crippen LogP contribution in [0.15, 0.2) is 71.9 Å². The van der Waals surface area contributed by atoms with Crippen LogP contribution in [-0.2, 0) is 26.0 Å². The van der Waals surface area contributed by atoms with Gasteiger partial charge >= 0.3 is 12.0 Å². The van der Waals surface area contributed by atoms with E-state index < -0.39 is 45.4 Å². The van der Waals surface area contributed by atoms with Gasteiger partial charge < -0.3 is 20.6 Å². The zero-order chi connectivity index (χ0) is 31.6. The van der Waals surface area contributed by atoms with Crippen LogP contribution in [-0.4, -0.2) is 79.4 Å². The summed E-state index contributed by atoms with van der Waals surface area (Å²) in [6, 6.07) is 9.60. The Labute approximate surface area is 252 Å². The van der Waals surface area contributed by atoms with Crippen LogP contribution in [0.5, 0.6) is 0 Å². The average Bonchev–Trinajstić information content (AvgIpc) is 3.00. The Morgan fingerprint density at radius 1 is 1.11 bits per heavy atom. The first kappa shape index (κ1) is 30.6. The lowest BCUT2D eigenvalue weighted by molar-refractivity contribution is -0.139. The van der Waals surface area contributed by atoms with Gasteiger partial charge in [-0.3, -0.25) is 19.3 Å². The van der Waals surface area contributed by atoms with Gasteiger partial charge in [0.25, 0.3) is 15.9 Å². The first-order valence-electron chi connectivity index (χ1n) is 13.6. The van der Waals surface area contributed by atoms with Gasteiger partial charge in [-0.05, 0) is 61.0 Å². The van der Waals surface area contributed by atoms with Crippen LogP contribution in [0.3, 0.4) is 0 Å². The highest BCUT2D eigenvalue weighted by Crippen LogP contribution is 2.30. The summed E-state index contributed by atoms with van der Waals surface area (Å²) < 4.78 is 42.0. The Morgan fingerprint density at radius 2 is 1.82 bits per heavy atom. The van der Waals surface area contributed by atoms with Crippen molar-refractivity contribution in [2.45, 2.75) is 29.8 Å². The number of amides is 4. The molecule has 2 aliphatic heterocycles. The van der Waals surface area contributed by atoms with Crippen LogP contribution >= 0.6 is 0 Å². The highest BCUT2D eigenvalue weighted by molar-refractivity contribution is 7.92. The number of carbonyl (C=O) groups is 4. The number of hydrogen-bond acceptors (Lipinski definition) is 8. The number of fused-ring (bicyclic) bond motifs is 1. The molecule has 4 amide bonds. The number of carboxylic acid groups (broad SMARTS) is 1. The standard InChI is InChI=1S/C29H29FN6O7S/c1-35-25-16-32-13-10-22(25)27(38)36(29(35)41)19-5-2-17(3-6-19)14-24(28(39)40)33-26(37)21-7-4-18(15-23(21)30)34-44(42,43)20-8-11-31-12-9-20/h2-9,11-12,15,22,24-25,32,34H,10,13-14,16H2,1H3,(H,33,37)(H,39,40)/t22?,24-,25?/m0/s1. The lowest BCUT2D eigenvalue weighted by Gasteiger charge is -2.45. The first-order chi connectivity index (χ1) is 21.0. The molecule has 2 saturated heterocycles. The number of nitrogens with zero attached hydrogens (tertiary/aromatic N) is 3. The molecule has 3 atom stereocenters. The number of carbonyl (C=O) groups excluding carboxylic acids is 3. The summed E-state index contributed by atoms with van der Waals surface area (Å²) in [5.41, 5.74) is 0.192. The van der Waals surface area contributed by atoms with Gasteiger partial charge in [0.1, 0.15) is 11.9 Å². The van der Waals surface area contributed by atoms with Crippen LogP contribution in [0.4, 0.5) is 20.6 Å². The first-order valence-corrected chi connectivity index (χ1v) is 15.1. The largest absolute Gasteiger partial charge is 0.480 e. The van der Waals surface area contributed by atoms with Gasteiger partial charge in [0.15, 0.2) is 0 Å². The van der Waals surface area contributed by atoms with Crippen molar-refractivity contribution in [1.29, 1.82) is 0 Å². The van der Waals surface area contributed by atoms with Gasteiger partial charge in [-0.25, -0.2) is 27.3 Å². The molecule has 0 radical (unpaired) electrons. The van der Waals surface area contributed by atoms with Gasteiger partial charge in [0.2, 0.25) is 5.91 Å². The number of piperidine rings is 1. The van der Waals surface area contributed by atoms with E-state index >= 15 is 0 Å². The molecular weight excluding hydrogens is 595 g/mol. The number of urea groups is 1. The highest BCUT2D eigenvalue weighted by atomic mass is 32.2. The monoisotopic (exact) mass is 624 g/mol. The number of likely N-dealkylation sites (N-methyl/N-ethyl adjacent to an activating group) is 1. The zero-order valence-electron chi connectivity index (χ0n) is 23.4. The lowest BCUT2D eigenvalue weighted by atomic mass is 9.88. The molecular formula is C29H29FN6O7S. The number of benzene rings is 2. The van der Waals surface area contributed by atoms with E-state index in [1.807, 2.05) is 0 Å². The molecule has 0 spiro atoms. The van der Waals surface area contributed by atoms with Crippen LogP contribution in [0.1, 0.15) is 22.3 Å². The maximum absolute atomic E-state index is 14.9. The third-order valence-electron chi connectivity index (χ3n) is 7.64. The molecule has 3 aromatic rings. The number of nitrogens with one attached hydrogen (secondary N) is 3. The maximum atomic E-state index is 14.9. The van der Waals surface area contributed by atoms with Crippen LogP contribution < -0.4 is 20.3 Å². The molecule has 1 aromatic heterocycles. The number of anilines is 2. The number of halogens is 1. The Kier molecular flexibility index (Phi) is 8.60. The van der Waals surface area contributed by atoms with Gasteiger partial charge in [-0.15, -0.1) is 0 Å². The molecule has 4 N–H and O–H groups in total. The summed E-state index contributed by atoms with van der Waals surface area (Å²) in [5, 5.41) is 15.2. The highest BCUT2D eigenvalue weighted by Gasteiger charge is 2.46. The predicted octanol–water partition coefficient (Wildman–Crippen LogP) is 1.82. The number of aliphatic carboxylic acids is 1. The van der Waals surface area contributed by atoms with Crippen molar-refractivity contribution in [3.05, 3.63) is 83.9 Å². The molecule has 2 unspecified atom stereocenters. The third kappa shape index (κ3) is 6.23. The van der Waals surface area contributed by atoms with Crippen LogP contribution in [0.25, 0.3) is 0 Å². The summed E-state index contributed by atoms with van der Waals surface area (Å²) in [6.45, 7) is 1.20. The lowest BCUT2D eigenvalue weighted by Crippen LogP contribution is -2.65. The second-order valence-corrected chi connectivity index (χ2v) is 12.1. The molecule has 3 heterocycles. The number of sulfonamides is 1. The fourth-order valence-electron chi connectivity index (χ4n) is 5.28. The van der Waals surface area contributed by atoms with Crippen molar-refractivity contribution in [2.24, 2.45) is 5.92 Å². The summed E-state index contributed by atoms with van der Waals surface area (Å²) in [7, 11) is -2.38. The third-order valence-corrected chi connectivity index (χ3v) is 9.04. The van der Waals surface area contributed by atoms with Crippen molar-refractivity contribution >= 4 is 45.2 Å². The van der Waals surface area contributed by atoms with E-state index in [0.717, 1.165) is 17.0 Å². The summed E-state index contributed by atoms with van der Waals surface area (Å²) in [4.78, 5) is 57.3. The number of aromatic nitrogens is 1. The molecule has 44 heavy (non-hydrogen) atoms. The predicted molar refractivity (Wildman–Crippen MR) is 156 cm³/mol. The van der Waals surface area contributed by atoms with E-state index in [9.17, 15) is 37.1 Å². The number of pyridine rings is 1. The molecule has 0 aliphatic carbocycles. The minimum atomic E-state index is -4.03. The fraction of sp³-hybridized carbons (Fsp3) is 0.276. The second-order valence-electron chi connectivity index (χ2n) is 10.5. The fourth-order valence-corrected chi connectivity index (χ4v) is 6.32. The van der Waals surface area contributed by atoms with E-state index in [-0.39, 0.29) is 34.9 Å². The Bertz CT molecular complexity index is 1700. The average molecular weight is 625 g/mol.